The van der Waals surface area contributed by atoms with Gasteiger partial charge < -0.3 is 19.9 Å². The highest BCUT2D eigenvalue weighted by Gasteiger charge is 2.26. The largest absolute Gasteiger partial charge is 0.450 e. The van der Waals surface area contributed by atoms with Gasteiger partial charge in [-0.25, -0.2) is 17.9 Å². The molecule has 2 N–H and O–H groups in total. The molecule has 168 valence electrons. The van der Waals surface area contributed by atoms with E-state index in [4.69, 9.17) is 4.74 Å². The minimum atomic E-state index is -3.65. The number of rotatable bonds is 5. The van der Waals surface area contributed by atoms with Crippen LogP contribution in [0, 0.1) is 0 Å². The van der Waals surface area contributed by atoms with Crippen LogP contribution in [0.15, 0.2) is 34.2 Å². The first-order chi connectivity index (χ1) is 14.1. The third kappa shape index (κ3) is 6.60. The molecular weight excluding hydrogens is 406 g/mol. The third-order valence-corrected chi connectivity index (χ3v) is 6.32. The number of sulfonamides is 1. The summed E-state index contributed by atoms with van der Waals surface area (Å²) in [5.41, 5.74) is 0.0779. The number of carbonyl (C=O) groups excluding carboxylic acids is 1. The standard InChI is InChI=1S/C20H33N5O4S/c1-6-29-19(26)25-13-11-24(12-14-25)18(21-5)22-15-16-9-7-8-10-17(16)30(27,28)23-20(2,3)4/h7-10,23H,6,11-15H2,1-5H3,(H,21,22). The highest BCUT2D eigenvalue weighted by atomic mass is 32.2. The van der Waals surface area contributed by atoms with Gasteiger partial charge in [0, 0.05) is 45.3 Å². The van der Waals surface area contributed by atoms with E-state index in [1.165, 1.54) is 0 Å². The van der Waals surface area contributed by atoms with E-state index in [1.54, 1.807) is 37.1 Å². The van der Waals surface area contributed by atoms with Crippen molar-refractivity contribution in [1.82, 2.24) is 19.8 Å². The number of amides is 1. The van der Waals surface area contributed by atoms with Crippen molar-refractivity contribution in [3.8, 4) is 0 Å². The topological polar surface area (TPSA) is 103 Å². The van der Waals surface area contributed by atoms with Crippen molar-refractivity contribution in [1.29, 1.82) is 0 Å². The predicted molar refractivity (Wildman–Crippen MR) is 117 cm³/mol. The van der Waals surface area contributed by atoms with Gasteiger partial charge in [-0.15, -0.1) is 0 Å². The number of guanidine groups is 1. The molecule has 1 aliphatic heterocycles. The van der Waals surface area contributed by atoms with Crippen molar-refractivity contribution < 1.29 is 17.9 Å². The number of carbonyl (C=O) groups is 1. The quantitative estimate of drug-likeness (QED) is 0.534. The van der Waals surface area contributed by atoms with Crippen molar-refractivity contribution in [2.75, 3.05) is 39.8 Å². The third-order valence-electron chi connectivity index (χ3n) is 4.46. The molecule has 9 nitrogen and oxygen atoms in total. The maximum Gasteiger partial charge on any atom is 0.409 e. The molecule has 30 heavy (non-hydrogen) atoms. The highest BCUT2D eigenvalue weighted by Crippen LogP contribution is 2.18. The Hall–Kier alpha value is -2.33. The van der Waals surface area contributed by atoms with Gasteiger partial charge in [0.05, 0.1) is 11.5 Å². The van der Waals surface area contributed by atoms with Crippen LogP contribution in [0.5, 0.6) is 0 Å². The van der Waals surface area contributed by atoms with E-state index in [0.29, 0.717) is 50.9 Å². The molecule has 0 radical (unpaired) electrons. The van der Waals surface area contributed by atoms with Crippen LogP contribution in [0.25, 0.3) is 0 Å². The Morgan fingerprint density at radius 2 is 1.73 bits per heavy atom. The van der Waals surface area contributed by atoms with Crippen LogP contribution >= 0.6 is 0 Å². The van der Waals surface area contributed by atoms with Crippen LogP contribution in [0.4, 0.5) is 4.79 Å². The van der Waals surface area contributed by atoms with E-state index in [9.17, 15) is 13.2 Å². The maximum atomic E-state index is 12.8. The monoisotopic (exact) mass is 439 g/mol. The molecule has 0 saturated carbocycles. The summed E-state index contributed by atoms with van der Waals surface area (Å²) in [6.45, 7) is 10.2. The van der Waals surface area contributed by atoms with Crippen molar-refractivity contribution in [2.45, 2.75) is 44.7 Å². The number of ether oxygens (including phenoxy) is 1. The van der Waals surface area contributed by atoms with E-state index in [2.05, 4.69) is 15.0 Å². The van der Waals surface area contributed by atoms with Crippen LogP contribution < -0.4 is 10.0 Å². The normalized spacial score (nSPS) is 15.8. The predicted octanol–water partition coefficient (Wildman–Crippen LogP) is 1.61. The lowest BCUT2D eigenvalue weighted by Crippen LogP contribution is -2.53. The Bertz CT molecular complexity index is 856. The first kappa shape index (κ1) is 23.9. The summed E-state index contributed by atoms with van der Waals surface area (Å²) in [5.74, 6) is 0.662. The van der Waals surface area contributed by atoms with Gasteiger partial charge in [0.1, 0.15) is 0 Å². The SMILES string of the molecule is CCOC(=O)N1CCN(C(=NC)NCc2ccccc2S(=O)(=O)NC(C)(C)C)CC1. The van der Waals surface area contributed by atoms with Gasteiger partial charge in [0.15, 0.2) is 5.96 Å². The van der Waals surface area contributed by atoms with E-state index < -0.39 is 15.6 Å². The van der Waals surface area contributed by atoms with Crippen LogP contribution in [0.1, 0.15) is 33.3 Å². The number of hydrogen-bond donors (Lipinski definition) is 2. The Morgan fingerprint density at radius 3 is 2.30 bits per heavy atom. The fraction of sp³-hybridized carbons (Fsp3) is 0.600. The van der Waals surface area contributed by atoms with Crippen molar-refractivity contribution in [3.05, 3.63) is 29.8 Å². The molecule has 0 aliphatic carbocycles. The highest BCUT2D eigenvalue weighted by molar-refractivity contribution is 7.89. The summed E-state index contributed by atoms with van der Waals surface area (Å²) in [6, 6.07) is 6.92. The minimum Gasteiger partial charge on any atom is -0.450 e. The molecule has 1 fully saturated rings. The average Bonchev–Trinajstić information content (AvgIpc) is 2.67. The fourth-order valence-electron chi connectivity index (χ4n) is 3.19. The number of piperazine rings is 1. The van der Waals surface area contributed by atoms with E-state index >= 15 is 0 Å². The Kier molecular flexibility index (Phi) is 8.08. The molecule has 1 aromatic rings. The molecule has 0 atom stereocenters. The van der Waals surface area contributed by atoms with Gasteiger partial charge in [-0.1, -0.05) is 18.2 Å². The molecule has 0 unspecified atom stereocenters. The maximum absolute atomic E-state index is 12.8. The van der Waals surface area contributed by atoms with Gasteiger partial charge >= 0.3 is 6.09 Å². The summed E-state index contributed by atoms with van der Waals surface area (Å²) in [7, 11) is -1.97. The van der Waals surface area contributed by atoms with Gasteiger partial charge in [-0.3, -0.25) is 4.99 Å². The molecule has 2 rings (SSSR count). The molecule has 10 heteroatoms. The fourth-order valence-corrected chi connectivity index (χ4v) is 4.85. The molecular formula is C20H33N5O4S. The molecule has 1 amide bonds. The van der Waals surface area contributed by atoms with Crippen LogP contribution in [0.3, 0.4) is 0 Å². The van der Waals surface area contributed by atoms with Crippen molar-refractivity contribution >= 4 is 22.1 Å². The zero-order valence-corrected chi connectivity index (χ0v) is 19.3. The Labute approximate surface area is 179 Å². The number of nitrogens with zero attached hydrogens (tertiary/aromatic N) is 3. The van der Waals surface area contributed by atoms with Crippen LogP contribution in [0.2, 0.25) is 0 Å². The first-order valence-corrected chi connectivity index (χ1v) is 11.5. The summed E-state index contributed by atoms with van der Waals surface area (Å²) in [6.07, 6.45) is -0.300. The molecule has 1 saturated heterocycles. The second kappa shape index (κ2) is 10.1. The minimum absolute atomic E-state index is 0.245. The lowest BCUT2D eigenvalue weighted by molar-refractivity contribution is 0.0914. The zero-order chi connectivity index (χ0) is 22.4. The van der Waals surface area contributed by atoms with E-state index in [-0.39, 0.29) is 11.0 Å². The van der Waals surface area contributed by atoms with Crippen molar-refractivity contribution in [3.63, 3.8) is 0 Å². The molecule has 1 aromatic carbocycles. The van der Waals surface area contributed by atoms with Crippen LogP contribution in [-0.2, 0) is 21.3 Å². The number of nitrogens with one attached hydrogen (secondary N) is 2. The van der Waals surface area contributed by atoms with E-state index in [0.717, 1.165) is 0 Å². The number of aliphatic imine (C=N–C) groups is 1. The lowest BCUT2D eigenvalue weighted by atomic mass is 10.1. The van der Waals surface area contributed by atoms with Gasteiger partial charge in [-0.2, -0.15) is 0 Å². The smallest absolute Gasteiger partial charge is 0.409 e. The zero-order valence-electron chi connectivity index (χ0n) is 18.4. The molecule has 1 heterocycles. The molecule has 0 spiro atoms. The second-order valence-electron chi connectivity index (χ2n) is 8.04. The summed E-state index contributed by atoms with van der Waals surface area (Å²) in [5, 5.41) is 3.25. The summed E-state index contributed by atoms with van der Waals surface area (Å²) >= 11 is 0. The Balaban J connectivity index is 2.04. The van der Waals surface area contributed by atoms with Gasteiger partial charge in [-0.05, 0) is 39.3 Å². The lowest BCUT2D eigenvalue weighted by Gasteiger charge is -2.35. The molecule has 1 aliphatic rings. The number of hydrogen-bond acceptors (Lipinski definition) is 5. The summed E-state index contributed by atoms with van der Waals surface area (Å²) in [4.78, 5) is 20.1. The van der Waals surface area contributed by atoms with E-state index in [1.807, 2.05) is 31.7 Å². The molecule has 0 aromatic heterocycles. The number of benzene rings is 1. The van der Waals surface area contributed by atoms with Crippen molar-refractivity contribution in [2.24, 2.45) is 4.99 Å². The Morgan fingerprint density at radius 1 is 1.13 bits per heavy atom. The van der Waals surface area contributed by atoms with Gasteiger partial charge in [0.25, 0.3) is 0 Å². The first-order valence-electron chi connectivity index (χ1n) is 10.1. The average molecular weight is 440 g/mol. The van der Waals surface area contributed by atoms with Gasteiger partial charge in [0.2, 0.25) is 10.0 Å². The molecule has 0 bridgehead atoms. The second-order valence-corrected chi connectivity index (χ2v) is 9.69. The van der Waals surface area contributed by atoms with Crippen LogP contribution in [-0.4, -0.2) is 75.6 Å². The summed E-state index contributed by atoms with van der Waals surface area (Å²) < 4.78 is 33.4.